The summed E-state index contributed by atoms with van der Waals surface area (Å²) in [5.41, 5.74) is 0.798. The SMILES string of the molecule is COc1ccc(-c2noc([C@H]3CNCCO3)n2)cc1OC.Cl. The van der Waals surface area contributed by atoms with Crippen LogP contribution in [0.4, 0.5) is 0 Å². The third kappa shape index (κ3) is 3.32. The molecule has 1 atom stereocenters. The summed E-state index contributed by atoms with van der Waals surface area (Å²) < 4.78 is 21.4. The minimum Gasteiger partial charge on any atom is -0.493 e. The molecule has 2 aromatic rings. The van der Waals surface area contributed by atoms with Gasteiger partial charge in [0.2, 0.25) is 5.82 Å². The zero-order chi connectivity index (χ0) is 14.7. The molecule has 2 heterocycles. The van der Waals surface area contributed by atoms with Crippen LogP contribution in [0.2, 0.25) is 0 Å². The largest absolute Gasteiger partial charge is 0.493 e. The van der Waals surface area contributed by atoms with Crippen molar-refractivity contribution in [1.29, 1.82) is 0 Å². The van der Waals surface area contributed by atoms with E-state index in [-0.39, 0.29) is 18.5 Å². The van der Waals surface area contributed by atoms with E-state index in [9.17, 15) is 0 Å². The van der Waals surface area contributed by atoms with Crippen molar-refractivity contribution in [2.75, 3.05) is 33.9 Å². The zero-order valence-corrected chi connectivity index (χ0v) is 13.2. The third-order valence-electron chi connectivity index (χ3n) is 3.29. The number of nitrogens with zero attached hydrogens (tertiary/aromatic N) is 2. The number of nitrogens with one attached hydrogen (secondary N) is 1. The van der Waals surface area contributed by atoms with E-state index < -0.39 is 0 Å². The van der Waals surface area contributed by atoms with Crippen molar-refractivity contribution >= 4 is 12.4 Å². The standard InChI is InChI=1S/C14H17N3O4.ClH/c1-18-10-4-3-9(7-11(10)19-2)13-16-14(21-17-13)12-8-15-5-6-20-12;/h3-4,7,12,15H,5-6,8H2,1-2H3;1H/t12-;/m1./s1. The number of hydrogen-bond donors (Lipinski definition) is 1. The molecule has 120 valence electrons. The van der Waals surface area contributed by atoms with Gasteiger partial charge in [0, 0.05) is 18.7 Å². The molecule has 0 unspecified atom stereocenters. The molecular formula is C14H18ClN3O4. The number of morpholine rings is 1. The fraction of sp³-hybridized carbons (Fsp3) is 0.429. The topological polar surface area (TPSA) is 78.6 Å². The maximum absolute atomic E-state index is 5.59. The highest BCUT2D eigenvalue weighted by Crippen LogP contribution is 2.31. The Bertz CT molecular complexity index is 614. The first-order chi connectivity index (χ1) is 10.3. The molecule has 22 heavy (non-hydrogen) atoms. The van der Waals surface area contributed by atoms with Gasteiger partial charge in [0.15, 0.2) is 11.5 Å². The minimum atomic E-state index is -0.194. The molecule has 1 aliphatic heterocycles. The van der Waals surface area contributed by atoms with E-state index in [1.165, 1.54) is 0 Å². The van der Waals surface area contributed by atoms with Gasteiger partial charge in [-0.25, -0.2) is 0 Å². The minimum absolute atomic E-state index is 0. The number of rotatable bonds is 4. The molecule has 8 heteroatoms. The Kier molecular flexibility index (Phi) is 5.59. The Morgan fingerprint density at radius 3 is 2.73 bits per heavy atom. The molecule has 0 radical (unpaired) electrons. The third-order valence-corrected chi connectivity index (χ3v) is 3.29. The van der Waals surface area contributed by atoms with Crippen molar-refractivity contribution in [3.63, 3.8) is 0 Å². The highest BCUT2D eigenvalue weighted by Gasteiger charge is 2.22. The summed E-state index contributed by atoms with van der Waals surface area (Å²) in [4.78, 5) is 4.40. The lowest BCUT2D eigenvalue weighted by Gasteiger charge is -2.19. The monoisotopic (exact) mass is 327 g/mol. The summed E-state index contributed by atoms with van der Waals surface area (Å²) in [6.07, 6.45) is -0.194. The predicted molar refractivity (Wildman–Crippen MR) is 81.6 cm³/mol. The van der Waals surface area contributed by atoms with Crippen LogP contribution in [-0.4, -0.2) is 44.1 Å². The van der Waals surface area contributed by atoms with Crippen LogP contribution in [0.25, 0.3) is 11.4 Å². The average Bonchev–Trinajstić information content (AvgIpc) is 3.05. The van der Waals surface area contributed by atoms with Gasteiger partial charge in [-0.15, -0.1) is 12.4 Å². The Labute approximate surface area is 134 Å². The van der Waals surface area contributed by atoms with Crippen molar-refractivity contribution in [1.82, 2.24) is 15.5 Å². The van der Waals surface area contributed by atoms with Crippen molar-refractivity contribution in [3.05, 3.63) is 24.1 Å². The van der Waals surface area contributed by atoms with Crippen LogP contribution in [0.3, 0.4) is 0 Å². The second kappa shape index (κ2) is 7.44. The fourth-order valence-electron chi connectivity index (χ4n) is 2.18. The van der Waals surface area contributed by atoms with Crippen LogP contribution in [0.1, 0.15) is 12.0 Å². The number of methoxy groups -OCH3 is 2. The highest BCUT2D eigenvalue weighted by atomic mass is 35.5. The summed E-state index contributed by atoms with van der Waals surface area (Å²) >= 11 is 0. The zero-order valence-electron chi connectivity index (χ0n) is 12.4. The Balaban J connectivity index is 0.00000176. The van der Waals surface area contributed by atoms with E-state index in [0.29, 0.717) is 36.4 Å². The van der Waals surface area contributed by atoms with Crippen LogP contribution >= 0.6 is 12.4 Å². The molecule has 7 nitrogen and oxygen atoms in total. The molecule has 3 rings (SSSR count). The van der Waals surface area contributed by atoms with E-state index in [4.69, 9.17) is 18.7 Å². The van der Waals surface area contributed by atoms with Crippen molar-refractivity contribution in [2.24, 2.45) is 0 Å². The van der Waals surface area contributed by atoms with Gasteiger partial charge < -0.3 is 24.1 Å². The molecule has 0 bridgehead atoms. The van der Waals surface area contributed by atoms with Gasteiger partial charge >= 0.3 is 0 Å². The van der Waals surface area contributed by atoms with Gasteiger partial charge in [-0.1, -0.05) is 5.16 Å². The van der Waals surface area contributed by atoms with E-state index >= 15 is 0 Å². The molecule has 0 aliphatic carbocycles. The molecule has 1 aromatic carbocycles. The lowest BCUT2D eigenvalue weighted by Crippen LogP contribution is -2.33. The van der Waals surface area contributed by atoms with Crippen LogP contribution in [0, 0.1) is 0 Å². The number of hydrogen-bond acceptors (Lipinski definition) is 7. The Morgan fingerprint density at radius 2 is 2.05 bits per heavy atom. The predicted octanol–water partition coefficient (Wildman–Crippen LogP) is 1.84. The van der Waals surface area contributed by atoms with Gasteiger partial charge in [-0.05, 0) is 18.2 Å². The van der Waals surface area contributed by atoms with Gasteiger partial charge in [0.25, 0.3) is 5.89 Å². The van der Waals surface area contributed by atoms with Crippen LogP contribution in [0.15, 0.2) is 22.7 Å². The summed E-state index contributed by atoms with van der Waals surface area (Å²) in [7, 11) is 3.18. The van der Waals surface area contributed by atoms with Crippen LogP contribution in [-0.2, 0) is 4.74 Å². The fourth-order valence-corrected chi connectivity index (χ4v) is 2.18. The van der Waals surface area contributed by atoms with Crippen molar-refractivity contribution < 1.29 is 18.7 Å². The Hall–Kier alpha value is -1.83. The highest BCUT2D eigenvalue weighted by molar-refractivity contribution is 5.85. The molecule has 1 aliphatic rings. The molecule has 0 amide bonds. The number of halogens is 1. The molecule has 1 fully saturated rings. The van der Waals surface area contributed by atoms with Crippen LogP contribution < -0.4 is 14.8 Å². The maximum atomic E-state index is 5.59. The van der Waals surface area contributed by atoms with Gasteiger partial charge in [0.1, 0.15) is 6.10 Å². The first-order valence-corrected chi connectivity index (χ1v) is 6.70. The summed E-state index contributed by atoms with van der Waals surface area (Å²) in [5, 5.41) is 7.23. The first-order valence-electron chi connectivity index (χ1n) is 6.70. The molecule has 1 saturated heterocycles. The first kappa shape index (κ1) is 16.5. The molecule has 0 spiro atoms. The van der Waals surface area contributed by atoms with Crippen molar-refractivity contribution in [2.45, 2.75) is 6.10 Å². The van der Waals surface area contributed by atoms with E-state index in [1.54, 1.807) is 14.2 Å². The van der Waals surface area contributed by atoms with Gasteiger partial charge in [-0.2, -0.15) is 4.98 Å². The lowest BCUT2D eigenvalue weighted by molar-refractivity contribution is 0.00755. The normalized spacial score (nSPS) is 17.6. The summed E-state index contributed by atoms with van der Waals surface area (Å²) in [6, 6.07) is 5.48. The summed E-state index contributed by atoms with van der Waals surface area (Å²) in [5.74, 6) is 2.26. The van der Waals surface area contributed by atoms with Crippen molar-refractivity contribution in [3.8, 4) is 22.9 Å². The number of ether oxygens (including phenoxy) is 3. The lowest BCUT2D eigenvalue weighted by atomic mass is 10.2. The number of aromatic nitrogens is 2. The van der Waals surface area contributed by atoms with E-state index in [2.05, 4.69) is 15.5 Å². The second-order valence-corrected chi connectivity index (χ2v) is 4.59. The maximum Gasteiger partial charge on any atom is 0.257 e. The molecule has 1 aromatic heterocycles. The Morgan fingerprint density at radius 1 is 1.23 bits per heavy atom. The van der Waals surface area contributed by atoms with E-state index in [0.717, 1.165) is 12.1 Å². The van der Waals surface area contributed by atoms with E-state index in [1.807, 2.05) is 18.2 Å². The van der Waals surface area contributed by atoms with Gasteiger partial charge in [-0.3, -0.25) is 0 Å². The number of benzene rings is 1. The van der Waals surface area contributed by atoms with Crippen LogP contribution in [0.5, 0.6) is 11.5 Å². The van der Waals surface area contributed by atoms with Gasteiger partial charge in [0.05, 0.1) is 20.8 Å². The average molecular weight is 328 g/mol. The quantitative estimate of drug-likeness (QED) is 0.917. The smallest absolute Gasteiger partial charge is 0.257 e. The molecular weight excluding hydrogens is 310 g/mol. The summed E-state index contributed by atoms with van der Waals surface area (Å²) in [6.45, 7) is 2.15. The second-order valence-electron chi connectivity index (χ2n) is 4.59. The molecule has 1 N–H and O–H groups in total. The molecule has 0 saturated carbocycles.